The molecule has 1 aromatic rings. The molecule has 14 heavy (non-hydrogen) atoms. The molecule has 1 fully saturated rings. The van der Waals surface area contributed by atoms with E-state index in [-0.39, 0.29) is 0 Å². The second kappa shape index (κ2) is 3.87. The monoisotopic (exact) mass is 213 g/mol. The smallest absolute Gasteiger partial charge is 0.136 e. The number of rotatable bonds is 3. The van der Waals surface area contributed by atoms with Gasteiger partial charge in [0.1, 0.15) is 5.67 Å². The van der Waals surface area contributed by atoms with E-state index in [0.29, 0.717) is 19.5 Å². The van der Waals surface area contributed by atoms with Gasteiger partial charge in [-0.25, -0.2) is 4.39 Å². The summed E-state index contributed by atoms with van der Waals surface area (Å²) in [5.74, 6) is 0. The molecule has 0 spiro atoms. The van der Waals surface area contributed by atoms with Crippen LogP contribution >= 0.6 is 11.6 Å². The van der Waals surface area contributed by atoms with Crippen molar-refractivity contribution in [3.05, 3.63) is 34.9 Å². The van der Waals surface area contributed by atoms with Gasteiger partial charge in [0.15, 0.2) is 0 Å². The Morgan fingerprint density at radius 1 is 1.29 bits per heavy atom. The molecule has 1 N–H and O–H groups in total. The highest BCUT2D eigenvalue weighted by Gasteiger charge is 2.35. The summed E-state index contributed by atoms with van der Waals surface area (Å²) in [5, 5.41) is 3.68. The van der Waals surface area contributed by atoms with Crippen molar-refractivity contribution in [2.75, 3.05) is 13.1 Å². The van der Waals surface area contributed by atoms with E-state index in [1.54, 1.807) is 0 Å². The lowest BCUT2D eigenvalue weighted by Crippen LogP contribution is -2.56. The van der Waals surface area contributed by atoms with E-state index in [2.05, 4.69) is 5.32 Å². The summed E-state index contributed by atoms with van der Waals surface area (Å²) < 4.78 is 13.6. The van der Waals surface area contributed by atoms with Gasteiger partial charge in [0.05, 0.1) is 0 Å². The van der Waals surface area contributed by atoms with Crippen LogP contribution in [-0.2, 0) is 6.42 Å². The lowest BCUT2D eigenvalue weighted by molar-refractivity contribution is 0.0809. The van der Waals surface area contributed by atoms with Gasteiger partial charge in [-0.1, -0.05) is 23.7 Å². The molecule has 76 valence electrons. The average molecular weight is 214 g/mol. The number of hydrogen-bond acceptors (Lipinski definition) is 1. The molecular formula is C11H13ClFN. The Kier molecular flexibility index (Phi) is 2.75. The Labute approximate surface area is 88.3 Å². The number of nitrogens with one attached hydrogen (secondary N) is 1. The third kappa shape index (κ3) is 2.25. The van der Waals surface area contributed by atoms with Gasteiger partial charge in [-0.3, -0.25) is 0 Å². The van der Waals surface area contributed by atoms with Gasteiger partial charge in [-0.2, -0.15) is 0 Å². The van der Waals surface area contributed by atoms with Crippen molar-refractivity contribution in [3.63, 3.8) is 0 Å². The minimum atomic E-state index is -0.973. The molecule has 1 saturated heterocycles. The van der Waals surface area contributed by atoms with Gasteiger partial charge in [0.25, 0.3) is 0 Å². The van der Waals surface area contributed by atoms with Crippen LogP contribution in [0.1, 0.15) is 12.0 Å². The lowest BCUT2D eigenvalue weighted by Gasteiger charge is -2.35. The fraction of sp³-hybridized carbons (Fsp3) is 0.455. The molecule has 0 atom stereocenters. The molecule has 1 aromatic carbocycles. The Hall–Kier alpha value is -0.600. The molecular weight excluding hydrogens is 201 g/mol. The minimum absolute atomic E-state index is 0.501. The Bertz CT molecular complexity index is 306. The summed E-state index contributed by atoms with van der Waals surface area (Å²) in [6, 6.07) is 7.61. The van der Waals surface area contributed by atoms with Crippen molar-refractivity contribution in [2.24, 2.45) is 0 Å². The van der Waals surface area contributed by atoms with E-state index < -0.39 is 5.67 Å². The third-order valence-electron chi connectivity index (χ3n) is 2.66. The summed E-state index contributed by atoms with van der Waals surface area (Å²) in [7, 11) is 0. The standard InChI is InChI=1S/C11H13ClFN/c12-10-3-1-9(2-4-10)5-6-11(13)7-14-8-11/h1-4,14H,5-8H2. The van der Waals surface area contributed by atoms with Crippen LogP contribution < -0.4 is 5.32 Å². The highest BCUT2D eigenvalue weighted by molar-refractivity contribution is 6.30. The molecule has 0 radical (unpaired) electrons. The fourth-order valence-electron chi connectivity index (χ4n) is 1.59. The third-order valence-corrected chi connectivity index (χ3v) is 2.91. The van der Waals surface area contributed by atoms with Crippen LogP contribution in [0, 0.1) is 0 Å². The van der Waals surface area contributed by atoms with Crippen molar-refractivity contribution in [1.82, 2.24) is 5.32 Å². The van der Waals surface area contributed by atoms with Crippen LogP contribution in [-0.4, -0.2) is 18.8 Å². The van der Waals surface area contributed by atoms with Crippen molar-refractivity contribution in [3.8, 4) is 0 Å². The summed E-state index contributed by atoms with van der Waals surface area (Å²) in [5.41, 5.74) is 0.179. The molecule has 0 unspecified atom stereocenters. The maximum absolute atomic E-state index is 13.6. The van der Waals surface area contributed by atoms with E-state index in [1.165, 1.54) is 0 Å². The van der Waals surface area contributed by atoms with Crippen LogP contribution in [0.2, 0.25) is 5.02 Å². The maximum Gasteiger partial charge on any atom is 0.136 e. The number of hydrogen-bond donors (Lipinski definition) is 1. The van der Waals surface area contributed by atoms with E-state index >= 15 is 0 Å². The molecule has 1 nitrogen and oxygen atoms in total. The lowest BCUT2D eigenvalue weighted by atomic mass is 9.91. The molecule has 0 amide bonds. The number of alkyl halides is 1. The van der Waals surface area contributed by atoms with Crippen molar-refractivity contribution < 1.29 is 4.39 Å². The van der Waals surface area contributed by atoms with Crippen molar-refractivity contribution in [2.45, 2.75) is 18.5 Å². The van der Waals surface area contributed by atoms with Gasteiger partial charge in [0, 0.05) is 18.1 Å². The van der Waals surface area contributed by atoms with Crippen LogP contribution in [0.5, 0.6) is 0 Å². The molecule has 1 heterocycles. The Morgan fingerprint density at radius 2 is 1.93 bits per heavy atom. The second-order valence-electron chi connectivity index (χ2n) is 3.88. The molecule has 0 bridgehead atoms. The first kappa shape index (κ1) is 9.94. The summed E-state index contributed by atoms with van der Waals surface area (Å²) in [6.45, 7) is 1.00. The topological polar surface area (TPSA) is 12.0 Å². The van der Waals surface area contributed by atoms with Gasteiger partial charge < -0.3 is 5.32 Å². The molecule has 2 rings (SSSR count). The van der Waals surface area contributed by atoms with Crippen LogP contribution in [0.4, 0.5) is 4.39 Å². The number of benzene rings is 1. The van der Waals surface area contributed by atoms with Gasteiger partial charge in [-0.15, -0.1) is 0 Å². The van der Waals surface area contributed by atoms with E-state index in [1.807, 2.05) is 24.3 Å². The zero-order valence-electron chi connectivity index (χ0n) is 7.89. The summed E-state index contributed by atoms with van der Waals surface area (Å²) in [6.07, 6.45) is 1.39. The molecule has 3 heteroatoms. The zero-order valence-corrected chi connectivity index (χ0v) is 8.65. The van der Waals surface area contributed by atoms with Gasteiger partial charge in [-0.05, 0) is 30.5 Å². The van der Waals surface area contributed by atoms with Gasteiger partial charge in [0.2, 0.25) is 0 Å². The van der Waals surface area contributed by atoms with Crippen LogP contribution in [0.15, 0.2) is 24.3 Å². The maximum atomic E-state index is 13.6. The normalized spacial score (nSPS) is 19.0. The van der Waals surface area contributed by atoms with Crippen LogP contribution in [0.25, 0.3) is 0 Å². The quantitative estimate of drug-likeness (QED) is 0.814. The Morgan fingerprint density at radius 3 is 2.43 bits per heavy atom. The molecule has 0 aliphatic carbocycles. The number of halogens is 2. The van der Waals surface area contributed by atoms with E-state index in [9.17, 15) is 4.39 Å². The Balaban J connectivity index is 1.88. The minimum Gasteiger partial charge on any atom is -0.310 e. The van der Waals surface area contributed by atoms with E-state index in [4.69, 9.17) is 11.6 Å². The summed E-state index contributed by atoms with van der Waals surface area (Å²) in [4.78, 5) is 0. The largest absolute Gasteiger partial charge is 0.310 e. The first-order valence-electron chi connectivity index (χ1n) is 4.82. The van der Waals surface area contributed by atoms with Crippen LogP contribution in [0.3, 0.4) is 0 Å². The zero-order chi connectivity index (χ0) is 10.0. The summed E-state index contributed by atoms with van der Waals surface area (Å²) >= 11 is 5.76. The first-order chi connectivity index (χ1) is 6.68. The van der Waals surface area contributed by atoms with Gasteiger partial charge >= 0.3 is 0 Å². The highest BCUT2D eigenvalue weighted by Crippen LogP contribution is 2.23. The average Bonchev–Trinajstić information content (AvgIpc) is 2.14. The van der Waals surface area contributed by atoms with Crippen molar-refractivity contribution in [1.29, 1.82) is 0 Å². The SMILES string of the molecule is FC1(CCc2ccc(Cl)cc2)CNC1. The second-order valence-corrected chi connectivity index (χ2v) is 4.32. The first-order valence-corrected chi connectivity index (χ1v) is 5.20. The predicted octanol–water partition coefficient (Wildman–Crippen LogP) is 2.58. The molecule has 1 aliphatic rings. The van der Waals surface area contributed by atoms with Crippen molar-refractivity contribution >= 4 is 11.6 Å². The molecule has 0 aromatic heterocycles. The fourth-order valence-corrected chi connectivity index (χ4v) is 1.72. The highest BCUT2D eigenvalue weighted by atomic mass is 35.5. The number of aryl methyl sites for hydroxylation is 1. The van der Waals surface area contributed by atoms with E-state index in [0.717, 1.165) is 17.0 Å². The predicted molar refractivity (Wildman–Crippen MR) is 56.5 cm³/mol. The molecule has 0 saturated carbocycles. The molecule has 1 aliphatic heterocycles.